The molecule has 7 nitrogen and oxygen atoms in total. The lowest BCUT2D eigenvalue weighted by Crippen LogP contribution is -2.42. The Kier molecular flexibility index (Phi) is 7.48. The average Bonchev–Trinajstić information content (AvgIpc) is 2.75. The van der Waals surface area contributed by atoms with Gasteiger partial charge in [0.1, 0.15) is 17.4 Å². The van der Waals surface area contributed by atoms with Crippen LogP contribution < -0.4 is 15.1 Å². The molecule has 0 aliphatic heterocycles. The standard InChI is InChI=1S/C24H27NO6S/c1-4-6-7-17-14-23(26)31-22-15-18(10-13-20(17)22)30-24(27)21(5-2)25-32(28,29)19-11-8-16(3)9-12-19/h8-15,21,25H,4-7H2,1-3H3/t21-/m0/s1. The van der Waals surface area contributed by atoms with Crippen LogP contribution in [0.25, 0.3) is 11.0 Å². The van der Waals surface area contributed by atoms with Crippen LogP contribution in [-0.2, 0) is 21.2 Å². The highest BCUT2D eigenvalue weighted by molar-refractivity contribution is 7.89. The Bertz CT molecular complexity index is 1260. The second kappa shape index (κ2) is 10.1. The van der Waals surface area contributed by atoms with Gasteiger partial charge >= 0.3 is 11.6 Å². The largest absolute Gasteiger partial charge is 0.425 e. The van der Waals surface area contributed by atoms with Crippen molar-refractivity contribution in [2.75, 3.05) is 0 Å². The minimum atomic E-state index is -3.89. The van der Waals surface area contributed by atoms with Crippen LogP contribution in [0.3, 0.4) is 0 Å². The van der Waals surface area contributed by atoms with Gasteiger partial charge in [0.2, 0.25) is 10.0 Å². The second-order valence-electron chi connectivity index (χ2n) is 7.67. The molecule has 3 aromatic rings. The maximum absolute atomic E-state index is 12.7. The van der Waals surface area contributed by atoms with Crippen molar-refractivity contribution < 1.29 is 22.4 Å². The molecule has 0 saturated heterocycles. The fourth-order valence-corrected chi connectivity index (χ4v) is 4.57. The molecular weight excluding hydrogens is 430 g/mol. The summed E-state index contributed by atoms with van der Waals surface area (Å²) in [5.41, 5.74) is 1.66. The van der Waals surface area contributed by atoms with Gasteiger partial charge < -0.3 is 9.15 Å². The molecule has 0 unspecified atom stereocenters. The van der Waals surface area contributed by atoms with Crippen LogP contribution in [0.4, 0.5) is 0 Å². The van der Waals surface area contributed by atoms with E-state index in [0.29, 0.717) is 5.58 Å². The zero-order valence-corrected chi connectivity index (χ0v) is 19.2. The van der Waals surface area contributed by atoms with Gasteiger partial charge in [-0.05, 0) is 56.0 Å². The fraction of sp³-hybridized carbons (Fsp3) is 0.333. The number of ether oxygens (including phenoxy) is 1. The highest BCUT2D eigenvalue weighted by Gasteiger charge is 2.26. The summed E-state index contributed by atoms with van der Waals surface area (Å²) in [6.07, 6.45) is 2.88. The molecule has 0 bridgehead atoms. The van der Waals surface area contributed by atoms with Crippen molar-refractivity contribution in [1.29, 1.82) is 0 Å². The number of hydrogen-bond acceptors (Lipinski definition) is 6. The summed E-state index contributed by atoms with van der Waals surface area (Å²) in [5, 5.41) is 0.782. The van der Waals surface area contributed by atoms with Gasteiger partial charge in [0.15, 0.2) is 0 Å². The first-order chi connectivity index (χ1) is 15.2. The Morgan fingerprint density at radius 2 is 1.81 bits per heavy atom. The van der Waals surface area contributed by atoms with Crippen LogP contribution in [0.2, 0.25) is 0 Å². The van der Waals surface area contributed by atoms with E-state index in [9.17, 15) is 18.0 Å². The second-order valence-corrected chi connectivity index (χ2v) is 9.38. The van der Waals surface area contributed by atoms with Gasteiger partial charge in [-0.15, -0.1) is 0 Å². The predicted molar refractivity (Wildman–Crippen MR) is 122 cm³/mol. The number of sulfonamides is 1. The molecule has 0 amide bonds. The Labute approximate surface area is 187 Å². The Morgan fingerprint density at radius 3 is 2.47 bits per heavy atom. The quantitative estimate of drug-likeness (QED) is 0.295. The van der Waals surface area contributed by atoms with E-state index in [-0.39, 0.29) is 17.1 Å². The van der Waals surface area contributed by atoms with Crippen LogP contribution in [-0.4, -0.2) is 20.4 Å². The summed E-state index contributed by atoms with van der Waals surface area (Å²) in [4.78, 5) is 24.7. The van der Waals surface area contributed by atoms with Crippen LogP contribution in [0, 0.1) is 6.92 Å². The lowest BCUT2D eigenvalue weighted by Gasteiger charge is -2.16. The van der Waals surface area contributed by atoms with Crippen molar-refractivity contribution >= 4 is 27.0 Å². The smallest absolute Gasteiger partial charge is 0.336 e. The van der Waals surface area contributed by atoms with E-state index in [0.717, 1.165) is 35.8 Å². The zero-order valence-electron chi connectivity index (χ0n) is 18.4. The molecule has 8 heteroatoms. The first-order valence-corrected chi connectivity index (χ1v) is 12.1. The molecule has 0 aliphatic carbocycles. The molecule has 0 saturated carbocycles. The van der Waals surface area contributed by atoms with Gasteiger partial charge in [-0.25, -0.2) is 18.0 Å². The zero-order chi connectivity index (χ0) is 23.3. The van der Waals surface area contributed by atoms with E-state index >= 15 is 0 Å². The number of unbranched alkanes of at least 4 members (excludes halogenated alkanes) is 1. The number of nitrogens with one attached hydrogen (secondary N) is 1. The van der Waals surface area contributed by atoms with Crippen LogP contribution in [0.15, 0.2) is 62.6 Å². The summed E-state index contributed by atoms with van der Waals surface area (Å²) in [6, 6.07) is 11.6. The lowest BCUT2D eigenvalue weighted by atomic mass is 10.0. The third-order valence-electron chi connectivity index (χ3n) is 5.14. The molecule has 0 spiro atoms. The van der Waals surface area contributed by atoms with Crippen molar-refractivity contribution in [3.8, 4) is 5.75 Å². The Morgan fingerprint density at radius 1 is 1.09 bits per heavy atom. The minimum absolute atomic E-state index is 0.0708. The van der Waals surface area contributed by atoms with E-state index in [4.69, 9.17) is 9.15 Å². The van der Waals surface area contributed by atoms with Gasteiger partial charge in [-0.1, -0.05) is 38.0 Å². The number of hydrogen-bond donors (Lipinski definition) is 1. The Balaban J connectivity index is 1.80. The summed E-state index contributed by atoms with van der Waals surface area (Å²) in [5.74, 6) is -0.571. The third kappa shape index (κ3) is 5.63. The number of carbonyl (C=O) groups excluding carboxylic acids is 1. The number of rotatable bonds is 9. The highest BCUT2D eigenvalue weighted by Crippen LogP contribution is 2.24. The molecule has 1 atom stereocenters. The molecule has 32 heavy (non-hydrogen) atoms. The van der Waals surface area contributed by atoms with Crippen molar-refractivity contribution in [3.05, 3.63) is 70.1 Å². The van der Waals surface area contributed by atoms with E-state index < -0.39 is 27.7 Å². The molecule has 0 radical (unpaired) electrons. The van der Waals surface area contributed by atoms with E-state index in [1.807, 2.05) is 6.92 Å². The molecule has 1 heterocycles. The molecule has 0 aliphatic rings. The number of aryl methyl sites for hydroxylation is 2. The van der Waals surface area contributed by atoms with E-state index in [1.165, 1.54) is 24.3 Å². The number of fused-ring (bicyclic) bond motifs is 1. The van der Waals surface area contributed by atoms with Gasteiger partial charge in [-0.2, -0.15) is 4.72 Å². The summed E-state index contributed by atoms with van der Waals surface area (Å²) >= 11 is 0. The van der Waals surface area contributed by atoms with Crippen molar-refractivity contribution in [1.82, 2.24) is 4.72 Å². The summed E-state index contributed by atoms with van der Waals surface area (Å²) < 4.78 is 38.4. The maximum atomic E-state index is 12.7. The molecule has 1 N–H and O–H groups in total. The van der Waals surface area contributed by atoms with Gasteiger partial charge in [0.05, 0.1) is 4.90 Å². The summed E-state index contributed by atoms with van der Waals surface area (Å²) in [6.45, 7) is 5.61. The lowest BCUT2D eigenvalue weighted by molar-refractivity contribution is -0.136. The van der Waals surface area contributed by atoms with Crippen LogP contribution in [0.5, 0.6) is 5.75 Å². The van der Waals surface area contributed by atoms with Gasteiger partial charge in [-0.3, -0.25) is 0 Å². The monoisotopic (exact) mass is 457 g/mol. The van der Waals surface area contributed by atoms with Gasteiger partial charge in [0.25, 0.3) is 0 Å². The molecular formula is C24H27NO6S. The van der Waals surface area contributed by atoms with E-state index in [2.05, 4.69) is 11.6 Å². The Hall–Kier alpha value is -2.97. The van der Waals surface area contributed by atoms with Crippen molar-refractivity contribution in [2.45, 2.75) is 57.4 Å². The first-order valence-electron chi connectivity index (χ1n) is 10.6. The number of carbonyl (C=O) groups is 1. The molecule has 170 valence electrons. The molecule has 2 aromatic carbocycles. The van der Waals surface area contributed by atoms with Crippen LogP contribution in [0.1, 0.15) is 44.2 Å². The third-order valence-corrected chi connectivity index (χ3v) is 6.63. The first kappa shape index (κ1) is 23.7. The maximum Gasteiger partial charge on any atom is 0.336 e. The van der Waals surface area contributed by atoms with Crippen molar-refractivity contribution in [2.24, 2.45) is 0 Å². The molecule has 1 aromatic heterocycles. The van der Waals surface area contributed by atoms with E-state index in [1.54, 1.807) is 31.2 Å². The highest BCUT2D eigenvalue weighted by atomic mass is 32.2. The fourth-order valence-electron chi connectivity index (χ4n) is 3.31. The molecule has 3 rings (SSSR count). The predicted octanol–water partition coefficient (Wildman–Crippen LogP) is 4.11. The normalized spacial score (nSPS) is 12.6. The van der Waals surface area contributed by atoms with Crippen molar-refractivity contribution in [3.63, 3.8) is 0 Å². The number of esters is 1. The summed E-state index contributed by atoms with van der Waals surface area (Å²) in [7, 11) is -3.89. The SMILES string of the molecule is CCCCc1cc(=O)oc2cc(OC(=O)[C@H](CC)NS(=O)(=O)c3ccc(C)cc3)ccc12. The molecule has 0 fully saturated rings. The van der Waals surface area contributed by atoms with Crippen LogP contribution >= 0.6 is 0 Å². The average molecular weight is 458 g/mol. The minimum Gasteiger partial charge on any atom is -0.425 e. The topological polar surface area (TPSA) is 103 Å². The van der Waals surface area contributed by atoms with Gasteiger partial charge in [0, 0.05) is 17.5 Å². The number of benzene rings is 2.